The van der Waals surface area contributed by atoms with Gasteiger partial charge in [-0.3, -0.25) is 4.79 Å². The standard InChI is InChI=1S/C18H23FN2O/c1-3-4-12-21(14-17-6-5-11-20(17)2)18(22)13-15-7-9-16(19)10-8-15/h5-11H,3-4,12-14H2,1-2H3. The SMILES string of the molecule is CCCCN(Cc1cccn1C)C(=O)Cc1ccc(F)cc1. The Kier molecular flexibility index (Phi) is 5.75. The van der Waals surface area contributed by atoms with E-state index < -0.39 is 0 Å². The van der Waals surface area contributed by atoms with E-state index in [0.29, 0.717) is 13.0 Å². The molecule has 1 amide bonds. The van der Waals surface area contributed by atoms with Gasteiger partial charge >= 0.3 is 0 Å². The molecule has 0 saturated heterocycles. The summed E-state index contributed by atoms with van der Waals surface area (Å²) in [7, 11) is 1.98. The first-order valence-corrected chi connectivity index (χ1v) is 7.72. The summed E-state index contributed by atoms with van der Waals surface area (Å²) in [6.45, 7) is 3.48. The number of rotatable bonds is 7. The molecule has 22 heavy (non-hydrogen) atoms. The highest BCUT2D eigenvalue weighted by molar-refractivity contribution is 5.78. The molecule has 0 bridgehead atoms. The Morgan fingerprint density at radius 3 is 2.55 bits per heavy atom. The molecule has 1 heterocycles. The second kappa shape index (κ2) is 7.78. The van der Waals surface area contributed by atoms with Gasteiger partial charge in [0.2, 0.25) is 5.91 Å². The quantitative estimate of drug-likeness (QED) is 0.768. The van der Waals surface area contributed by atoms with E-state index >= 15 is 0 Å². The van der Waals surface area contributed by atoms with Crippen LogP contribution in [0, 0.1) is 5.82 Å². The van der Waals surface area contributed by atoms with E-state index in [2.05, 4.69) is 6.92 Å². The maximum absolute atomic E-state index is 12.9. The van der Waals surface area contributed by atoms with Gasteiger partial charge in [-0.05, 0) is 36.2 Å². The van der Waals surface area contributed by atoms with Crippen LogP contribution in [-0.2, 0) is 24.8 Å². The van der Waals surface area contributed by atoms with Gasteiger partial charge < -0.3 is 9.47 Å². The van der Waals surface area contributed by atoms with Crippen LogP contribution in [0.15, 0.2) is 42.6 Å². The van der Waals surface area contributed by atoms with Gasteiger partial charge in [-0.2, -0.15) is 0 Å². The van der Waals surface area contributed by atoms with Gasteiger partial charge in [0.15, 0.2) is 0 Å². The molecule has 0 N–H and O–H groups in total. The van der Waals surface area contributed by atoms with Crippen LogP contribution in [0.5, 0.6) is 0 Å². The van der Waals surface area contributed by atoms with Crippen molar-refractivity contribution in [3.8, 4) is 0 Å². The second-order valence-corrected chi connectivity index (χ2v) is 5.58. The van der Waals surface area contributed by atoms with Gasteiger partial charge in [0, 0.05) is 25.5 Å². The molecule has 1 aromatic heterocycles. The molecule has 0 fully saturated rings. The summed E-state index contributed by atoms with van der Waals surface area (Å²) in [5.41, 5.74) is 1.96. The van der Waals surface area contributed by atoms with Crippen molar-refractivity contribution in [3.05, 3.63) is 59.7 Å². The number of aryl methyl sites for hydroxylation is 1. The second-order valence-electron chi connectivity index (χ2n) is 5.58. The minimum atomic E-state index is -0.275. The Balaban J connectivity index is 2.05. The van der Waals surface area contributed by atoms with Gasteiger partial charge in [-0.15, -0.1) is 0 Å². The predicted molar refractivity (Wildman–Crippen MR) is 85.8 cm³/mol. The topological polar surface area (TPSA) is 25.2 Å². The Morgan fingerprint density at radius 2 is 1.95 bits per heavy atom. The van der Waals surface area contributed by atoms with Crippen molar-refractivity contribution in [3.63, 3.8) is 0 Å². The molecule has 2 aromatic rings. The lowest BCUT2D eigenvalue weighted by atomic mass is 10.1. The zero-order valence-corrected chi connectivity index (χ0v) is 13.3. The van der Waals surface area contributed by atoms with Gasteiger partial charge in [0.25, 0.3) is 0 Å². The lowest BCUT2D eigenvalue weighted by molar-refractivity contribution is -0.131. The Labute approximate surface area is 131 Å². The van der Waals surface area contributed by atoms with E-state index in [-0.39, 0.29) is 11.7 Å². The zero-order valence-electron chi connectivity index (χ0n) is 13.3. The average molecular weight is 302 g/mol. The summed E-state index contributed by atoms with van der Waals surface area (Å²) in [5.74, 6) is -0.191. The van der Waals surface area contributed by atoms with Crippen LogP contribution < -0.4 is 0 Å². The Morgan fingerprint density at radius 1 is 1.23 bits per heavy atom. The van der Waals surface area contributed by atoms with E-state index in [1.54, 1.807) is 12.1 Å². The molecule has 0 atom stereocenters. The summed E-state index contributed by atoms with van der Waals surface area (Å²) < 4.78 is 15.0. The first kappa shape index (κ1) is 16.3. The Bertz CT molecular complexity index is 604. The van der Waals surface area contributed by atoms with Crippen LogP contribution in [-0.4, -0.2) is 21.9 Å². The molecule has 0 saturated carbocycles. The van der Waals surface area contributed by atoms with Crippen molar-refractivity contribution < 1.29 is 9.18 Å². The number of nitrogens with zero attached hydrogens (tertiary/aromatic N) is 2. The van der Waals surface area contributed by atoms with E-state index in [1.807, 2.05) is 34.8 Å². The molecule has 118 valence electrons. The smallest absolute Gasteiger partial charge is 0.227 e. The van der Waals surface area contributed by atoms with Gasteiger partial charge in [0.05, 0.1) is 13.0 Å². The summed E-state index contributed by atoms with van der Waals surface area (Å²) >= 11 is 0. The molecule has 0 radical (unpaired) electrons. The van der Waals surface area contributed by atoms with E-state index in [1.165, 1.54) is 12.1 Å². The highest BCUT2D eigenvalue weighted by Crippen LogP contribution is 2.11. The zero-order chi connectivity index (χ0) is 15.9. The third-order valence-corrected chi connectivity index (χ3v) is 3.81. The highest BCUT2D eigenvalue weighted by atomic mass is 19.1. The molecule has 2 rings (SSSR count). The first-order valence-electron chi connectivity index (χ1n) is 7.72. The van der Waals surface area contributed by atoms with Gasteiger partial charge in [-0.1, -0.05) is 25.5 Å². The van der Waals surface area contributed by atoms with Crippen molar-refractivity contribution in [2.75, 3.05) is 6.54 Å². The summed E-state index contributed by atoms with van der Waals surface area (Å²) in [6.07, 6.45) is 4.33. The lowest BCUT2D eigenvalue weighted by Gasteiger charge is -2.23. The van der Waals surface area contributed by atoms with Crippen LogP contribution in [0.3, 0.4) is 0 Å². The fourth-order valence-electron chi connectivity index (χ4n) is 2.39. The normalized spacial score (nSPS) is 10.7. The molecule has 1 aromatic carbocycles. The van der Waals surface area contributed by atoms with E-state index in [0.717, 1.165) is 30.6 Å². The van der Waals surface area contributed by atoms with E-state index in [9.17, 15) is 9.18 Å². The monoisotopic (exact) mass is 302 g/mol. The minimum absolute atomic E-state index is 0.0845. The maximum atomic E-state index is 12.9. The molecular weight excluding hydrogens is 279 g/mol. The van der Waals surface area contributed by atoms with E-state index in [4.69, 9.17) is 0 Å². The van der Waals surface area contributed by atoms with Crippen molar-refractivity contribution in [1.82, 2.24) is 9.47 Å². The van der Waals surface area contributed by atoms with Gasteiger partial charge in [0.1, 0.15) is 5.82 Å². The van der Waals surface area contributed by atoms with Crippen LogP contribution in [0.2, 0.25) is 0 Å². The number of halogens is 1. The number of unbranched alkanes of at least 4 members (excludes halogenated alkanes) is 1. The third-order valence-electron chi connectivity index (χ3n) is 3.81. The largest absolute Gasteiger partial charge is 0.353 e. The number of amides is 1. The fourth-order valence-corrected chi connectivity index (χ4v) is 2.39. The molecular formula is C18H23FN2O. The summed E-state index contributed by atoms with van der Waals surface area (Å²) in [5, 5.41) is 0. The van der Waals surface area contributed by atoms with Crippen LogP contribution in [0.25, 0.3) is 0 Å². The number of aromatic nitrogens is 1. The number of carbonyl (C=O) groups is 1. The molecule has 0 unspecified atom stereocenters. The van der Waals surface area contributed by atoms with Crippen molar-refractivity contribution in [1.29, 1.82) is 0 Å². The van der Waals surface area contributed by atoms with Crippen LogP contribution in [0.4, 0.5) is 4.39 Å². The fraction of sp³-hybridized carbons (Fsp3) is 0.389. The number of carbonyl (C=O) groups excluding carboxylic acids is 1. The minimum Gasteiger partial charge on any atom is -0.353 e. The number of hydrogen-bond donors (Lipinski definition) is 0. The molecule has 0 spiro atoms. The molecule has 0 aliphatic rings. The summed E-state index contributed by atoms with van der Waals surface area (Å²) in [4.78, 5) is 14.5. The third kappa shape index (κ3) is 4.45. The molecule has 3 nitrogen and oxygen atoms in total. The highest BCUT2D eigenvalue weighted by Gasteiger charge is 2.15. The number of hydrogen-bond acceptors (Lipinski definition) is 1. The molecule has 0 aliphatic carbocycles. The average Bonchev–Trinajstić information content (AvgIpc) is 2.91. The first-order chi connectivity index (χ1) is 10.6. The molecule has 0 aliphatic heterocycles. The van der Waals surface area contributed by atoms with Gasteiger partial charge in [-0.25, -0.2) is 4.39 Å². The predicted octanol–water partition coefficient (Wildman–Crippen LogP) is 3.54. The maximum Gasteiger partial charge on any atom is 0.227 e. The molecule has 4 heteroatoms. The summed E-state index contributed by atoms with van der Waals surface area (Å²) in [6, 6.07) is 10.2. The van der Waals surface area contributed by atoms with Crippen molar-refractivity contribution in [2.24, 2.45) is 7.05 Å². The number of benzene rings is 1. The van der Waals surface area contributed by atoms with Crippen molar-refractivity contribution in [2.45, 2.75) is 32.7 Å². The van der Waals surface area contributed by atoms with Crippen molar-refractivity contribution >= 4 is 5.91 Å². The van der Waals surface area contributed by atoms with Crippen LogP contribution in [0.1, 0.15) is 31.0 Å². The lowest BCUT2D eigenvalue weighted by Crippen LogP contribution is -2.33. The Hall–Kier alpha value is -2.10. The van der Waals surface area contributed by atoms with Crippen LogP contribution >= 0.6 is 0 Å².